The van der Waals surface area contributed by atoms with Crippen LogP contribution in [-0.4, -0.2) is 30.2 Å². The second-order valence-corrected chi connectivity index (χ2v) is 7.27. The van der Waals surface area contributed by atoms with E-state index in [9.17, 15) is 12.8 Å². The minimum absolute atomic E-state index is 0.0713. The van der Waals surface area contributed by atoms with Gasteiger partial charge in [0.05, 0.1) is 22.2 Å². The molecule has 0 radical (unpaired) electrons. The van der Waals surface area contributed by atoms with Crippen molar-refractivity contribution in [2.45, 2.75) is 16.5 Å². The summed E-state index contributed by atoms with van der Waals surface area (Å²) in [7, 11) is -2.35. The maximum atomic E-state index is 14.1. The first-order valence-corrected chi connectivity index (χ1v) is 9.05. The summed E-state index contributed by atoms with van der Waals surface area (Å²) in [6, 6.07) is 11.8. The Morgan fingerprint density at radius 1 is 1.27 bits per heavy atom. The molecule has 0 aliphatic carbocycles. The van der Waals surface area contributed by atoms with Gasteiger partial charge in [0.25, 0.3) is 0 Å². The molecular formula is C17H14FN5O2S. The number of sulfone groups is 1. The lowest BCUT2D eigenvalue weighted by Gasteiger charge is -2.09. The largest absolute Gasteiger partial charge is 0.314 e. The van der Waals surface area contributed by atoms with E-state index in [-0.39, 0.29) is 21.2 Å². The number of pyridine rings is 1. The summed E-state index contributed by atoms with van der Waals surface area (Å²) in [6.07, 6.45) is 1.27. The lowest BCUT2D eigenvalue weighted by molar-refractivity contribution is 0.554. The number of rotatable bonds is 5. The summed E-state index contributed by atoms with van der Waals surface area (Å²) in [6.45, 7) is 0.301. The second kappa shape index (κ2) is 7.03. The van der Waals surface area contributed by atoms with E-state index in [0.717, 1.165) is 4.68 Å². The van der Waals surface area contributed by atoms with Crippen molar-refractivity contribution in [2.24, 2.45) is 0 Å². The molecule has 0 unspecified atom stereocenters. The van der Waals surface area contributed by atoms with Gasteiger partial charge in [-0.1, -0.05) is 6.07 Å². The second-order valence-electron chi connectivity index (χ2n) is 5.37. The van der Waals surface area contributed by atoms with Crippen LogP contribution in [0.3, 0.4) is 0 Å². The highest BCUT2D eigenvalue weighted by Gasteiger charge is 2.26. The molecule has 0 spiro atoms. The molecule has 2 heterocycles. The van der Waals surface area contributed by atoms with E-state index < -0.39 is 15.8 Å². The Morgan fingerprint density at radius 2 is 2.08 bits per heavy atom. The monoisotopic (exact) mass is 371 g/mol. The van der Waals surface area contributed by atoms with Crippen molar-refractivity contribution in [1.29, 1.82) is 5.26 Å². The number of nitrogens with one attached hydrogen (secondary N) is 1. The molecule has 0 bridgehead atoms. The van der Waals surface area contributed by atoms with Gasteiger partial charge in [0.15, 0.2) is 5.03 Å². The standard InChI is InChI=1S/C17H14FN5O2S/c1-20-11-13-9-16(23(22-13)15-6-3-7-21-17(15)18)26(24,25)14-5-2-4-12(8-14)10-19/h2-9,20H,11H2,1H3. The van der Waals surface area contributed by atoms with Crippen LogP contribution in [-0.2, 0) is 16.4 Å². The molecule has 1 N–H and O–H groups in total. The van der Waals surface area contributed by atoms with E-state index in [1.54, 1.807) is 7.05 Å². The molecule has 7 nitrogen and oxygen atoms in total. The highest BCUT2D eigenvalue weighted by Crippen LogP contribution is 2.25. The van der Waals surface area contributed by atoms with E-state index in [1.807, 2.05) is 6.07 Å². The number of hydrogen-bond donors (Lipinski definition) is 1. The van der Waals surface area contributed by atoms with Gasteiger partial charge in [-0.2, -0.15) is 14.8 Å². The summed E-state index contributed by atoms with van der Waals surface area (Å²) in [5, 5.41) is 15.9. The number of aromatic nitrogens is 3. The van der Waals surface area contributed by atoms with Crippen LogP contribution in [0.4, 0.5) is 4.39 Å². The molecule has 0 amide bonds. The number of nitriles is 1. The molecular weight excluding hydrogens is 357 g/mol. The van der Waals surface area contributed by atoms with Crippen molar-refractivity contribution in [3.8, 4) is 11.8 Å². The molecule has 0 saturated heterocycles. The van der Waals surface area contributed by atoms with Crippen LogP contribution < -0.4 is 5.32 Å². The zero-order valence-corrected chi connectivity index (χ0v) is 14.5. The van der Waals surface area contributed by atoms with Crippen LogP contribution in [0.15, 0.2) is 58.6 Å². The van der Waals surface area contributed by atoms with Gasteiger partial charge in [0.2, 0.25) is 15.8 Å². The Hall–Kier alpha value is -3.09. The highest BCUT2D eigenvalue weighted by atomic mass is 32.2. The van der Waals surface area contributed by atoms with Gasteiger partial charge in [0, 0.05) is 18.8 Å². The average Bonchev–Trinajstić information content (AvgIpc) is 3.07. The SMILES string of the molecule is CNCc1cc(S(=O)(=O)c2cccc(C#N)c2)n(-c2cccnc2F)n1. The summed E-state index contributed by atoms with van der Waals surface area (Å²) >= 11 is 0. The van der Waals surface area contributed by atoms with Crippen molar-refractivity contribution in [1.82, 2.24) is 20.1 Å². The Balaban J connectivity index is 2.23. The maximum Gasteiger partial charge on any atom is 0.238 e. The Bertz CT molecular complexity index is 1100. The van der Waals surface area contributed by atoms with E-state index in [4.69, 9.17) is 5.26 Å². The van der Waals surface area contributed by atoms with Gasteiger partial charge >= 0.3 is 0 Å². The quantitative estimate of drug-likeness (QED) is 0.687. The maximum absolute atomic E-state index is 14.1. The van der Waals surface area contributed by atoms with Gasteiger partial charge in [-0.25, -0.2) is 18.1 Å². The zero-order chi connectivity index (χ0) is 18.7. The minimum Gasteiger partial charge on any atom is -0.314 e. The highest BCUT2D eigenvalue weighted by molar-refractivity contribution is 7.91. The Labute approximate surface area is 149 Å². The van der Waals surface area contributed by atoms with Crippen LogP contribution in [0.2, 0.25) is 0 Å². The van der Waals surface area contributed by atoms with E-state index in [0.29, 0.717) is 12.2 Å². The predicted octanol–water partition coefficient (Wildman–Crippen LogP) is 1.83. The van der Waals surface area contributed by atoms with Crippen molar-refractivity contribution in [3.63, 3.8) is 0 Å². The van der Waals surface area contributed by atoms with E-state index >= 15 is 0 Å². The molecule has 0 aliphatic rings. The fourth-order valence-electron chi connectivity index (χ4n) is 2.43. The van der Waals surface area contributed by atoms with Crippen LogP contribution in [0.1, 0.15) is 11.3 Å². The Kier molecular flexibility index (Phi) is 4.79. The first kappa shape index (κ1) is 17.7. The lowest BCUT2D eigenvalue weighted by Crippen LogP contribution is -2.12. The van der Waals surface area contributed by atoms with Crippen LogP contribution in [0.25, 0.3) is 5.69 Å². The van der Waals surface area contributed by atoms with Gasteiger partial charge in [-0.15, -0.1) is 0 Å². The summed E-state index contributed by atoms with van der Waals surface area (Å²) in [4.78, 5) is 3.48. The predicted molar refractivity (Wildman–Crippen MR) is 90.7 cm³/mol. The third kappa shape index (κ3) is 3.20. The molecule has 1 aromatic carbocycles. The fourth-order valence-corrected chi connectivity index (χ4v) is 3.87. The van der Waals surface area contributed by atoms with Gasteiger partial charge in [0.1, 0.15) is 5.69 Å². The zero-order valence-electron chi connectivity index (χ0n) is 13.7. The summed E-state index contributed by atoms with van der Waals surface area (Å²) < 4.78 is 41.3. The average molecular weight is 371 g/mol. The summed E-state index contributed by atoms with van der Waals surface area (Å²) in [5.74, 6) is -0.839. The molecule has 9 heteroatoms. The minimum atomic E-state index is -4.04. The number of hydrogen-bond acceptors (Lipinski definition) is 6. The third-order valence-electron chi connectivity index (χ3n) is 3.60. The number of halogens is 1. The normalized spacial score (nSPS) is 11.3. The van der Waals surface area contributed by atoms with Gasteiger partial charge in [-0.05, 0) is 37.4 Å². The molecule has 0 aliphatic heterocycles. The Morgan fingerprint density at radius 3 is 2.77 bits per heavy atom. The van der Waals surface area contributed by atoms with Crippen LogP contribution in [0, 0.1) is 17.3 Å². The molecule has 0 saturated carbocycles. The topological polar surface area (TPSA) is 101 Å². The molecule has 0 atom stereocenters. The molecule has 132 valence electrons. The van der Waals surface area contributed by atoms with Crippen molar-refractivity contribution in [2.75, 3.05) is 7.05 Å². The molecule has 2 aromatic heterocycles. The first-order valence-electron chi connectivity index (χ1n) is 7.57. The van der Waals surface area contributed by atoms with Crippen LogP contribution >= 0.6 is 0 Å². The molecule has 3 rings (SSSR count). The lowest BCUT2D eigenvalue weighted by atomic mass is 10.2. The van der Waals surface area contributed by atoms with Crippen molar-refractivity contribution < 1.29 is 12.8 Å². The van der Waals surface area contributed by atoms with E-state index in [1.165, 1.54) is 48.7 Å². The molecule has 26 heavy (non-hydrogen) atoms. The summed E-state index contributed by atoms with van der Waals surface area (Å²) in [5.41, 5.74) is 0.552. The van der Waals surface area contributed by atoms with Crippen molar-refractivity contribution in [3.05, 3.63) is 65.9 Å². The number of benzene rings is 1. The molecule has 3 aromatic rings. The van der Waals surface area contributed by atoms with Crippen LogP contribution in [0.5, 0.6) is 0 Å². The first-order chi connectivity index (χ1) is 12.5. The van der Waals surface area contributed by atoms with Crippen molar-refractivity contribution >= 4 is 9.84 Å². The van der Waals surface area contributed by atoms with Gasteiger partial charge < -0.3 is 5.32 Å². The van der Waals surface area contributed by atoms with E-state index in [2.05, 4.69) is 15.4 Å². The van der Waals surface area contributed by atoms with Gasteiger partial charge in [-0.3, -0.25) is 0 Å². The fraction of sp³-hybridized carbons (Fsp3) is 0.118. The third-order valence-corrected chi connectivity index (χ3v) is 5.32. The molecule has 0 fully saturated rings. The number of nitrogens with zero attached hydrogens (tertiary/aromatic N) is 4. The smallest absolute Gasteiger partial charge is 0.238 e.